The Hall–Kier alpha value is -0.680. The summed E-state index contributed by atoms with van der Waals surface area (Å²) in [6.45, 7) is 2.95. The average molecular weight is 311 g/mol. The maximum absolute atomic E-state index is 10.5. The van der Waals surface area contributed by atoms with Gasteiger partial charge in [-0.1, -0.05) is 40.9 Å². The number of primary amides is 1. The van der Waals surface area contributed by atoms with Crippen LogP contribution >= 0.6 is 34.8 Å². The van der Waals surface area contributed by atoms with Crippen LogP contribution in [0.3, 0.4) is 0 Å². The summed E-state index contributed by atoms with van der Waals surface area (Å²) in [5.41, 5.74) is 5.80. The van der Waals surface area contributed by atoms with Gasteiger partial charge in [0.2, 0.25) is 0 Å². The lowest BCUT2D eigenvalue weighted by Gasteiger charge is -2.16. The molecule has 1 unspecified atom stereocenters. The van der Waals surface area contributed by atoms with E-state index in [9.17, 15) is 4.79 Å². The van der Waals surface area contributed by atoms with Crippen LogP contribution in [0.25, 0.3) is 0 Å². The zero-order valence-electron chi connectivity index (χ0n) is 9.77. The van der Waals surface area contributed by atoms with E-state index in [-0.39, 0.29) is 6.04 Å². The Morgan fingerprint density at radius 2 is 1.94 bits per heavy atom. The van der Waals surface area contributed by atoms with Gasteiger partial charge in [-0.25, -0.2) is 4.79 Å². The third kappa shape index (κ3) is 4.21. The number of rotatable bonds is 5. The van der Waals surface area contributed by atoms with E-state index in [1.54, 1.807) is 6.07 Å². The number of hydrogen-bond donors (Lipinski definition) is 3. The molecule has 0 saturated heterocycles. The van der Waals surface area contributed by atoms with Crippen molar-refractivity contribution in [2.75, 3.05) is 13.1 Å². The van der Waals surface area contributed by atoms with Crippen LogP contribution in [0.15, 0.2) is 12.1 Å². The van der Waals surface area contributed by atoms with Gasteiger partial charge in [-0.05, 0) is 18.6 Å². The number of hydrogen-bond acceptors (Lipinski definition) is 2. The fourth-order valence-corrected chi connectivity index (χ4v) is 2.17. The summed E-state index contributed by atoms with van der Waals surface area (Å²) < 4.78 is 0. The number of urea groups is 1. The van der Waals surface area contributed by atoms with Gasteiger partial charge in [-0.3, -0.25) is 0 Å². The predicted molar refractivity (Wildman–Crippen MR) is 75.5 cm³/mol. The van der Waals surface area contributed by atoms with Crippen LogP contribution in [0.4, 0.5) is 4.79 Å². The Morgan fingerprint density at radius 3 is 2.56 bits per heavy atom. The maximum atomic E-state index is 10.5. The molecule has 0 aromatic heterocycles. The summed E-state index contributed by atoms with van der Waals surface area (Å²) in [6.07, 6.45) is 0. The van der Waals surface area contributed by atoms with Gasteiger partial charge in [0.15, 0.2) is 0 Å². The molecule has 0 radical (unpaired) electrons. The van der Waals surface area contributed by atoms with Crippen LogP contribution in [0.2, 0.25) is 15.1 Å². The second-order valence-corrected chi connectivity index (χ2v) is 4.89. The molecule has 0 heterocycles. The fourth-order valence-electron chi connectivity index (χ4n) is 1.46. The third-order valence-electron chi connectivity index (χ3n) is 2.41. The van der Waals surface area contributed by atoms with Crippen molar-refractivity contribution in [3.8, 4) is 0 Å². The predicted octanol–water partition coefficient (Wildman–Crippen LogP) is 2.97. The van der Waals surface area contributed by atoms with Crippen LogP contribution < -0.4 is 16.4 Å². The Morgan fingerprint density at radius 1 is 1.28 bits per heavy atom. The molecule has 1 atom stereocenters. The molecule has 0 spiro atoms. The van der Waals surface area contributed by atoms with Crippen molar-refractivity contribution in [3.63, 3.8) is 0 Å². The monoisotopic (exact) mass is 309 g/mol. The molecule has 0 saturated carbocycles. The SMILES string of the molecule is CC(NCCNC(N)=O)c1ccc(Cl)c(Cl)c1Cl. The Kier molecular flexibility index (Phi) is 6.02. The summed E-state index contributed by atoms with van der Waals surface area (Å²) >= 11 is 17.9. The van der Waals surface area contributed by atoms with Crippen molar-refractivity contribution >= 4 is 40.8 Å². The minimum atomic E-state index is -0.544. The van der Waals surface area contributed by atoms with Crippen LogP contribution in [-0.4, -0.2) is 19.1 Å². The largest absolute Gasteiger partial charge is 0.352 e. The van der Waals surface area contributed by atoms with Crippen molar-refractivity contribution < 1.29 is 4.79 Å². The van der Waals surface area contributed by atoms with Gasteiger partial charge in [-0.15, -0.1) is 0 Å². The van der Waals surface area contributed by atoms with Gasteiger partial charge in [0.1, 0.15) is 0 Å². The second-order valence-electron chi connectivity index (χ2n) is 3.73. The Balaban J connectivity index is 2.59. The van der Waals surface area contributed by atoms with Crippen molar-refractivity contribution in [3.05, 3.63) is 32.8 Å². The quantitative estimate of drug-likeness (QED) is 0.578. The standard InChI is InChI=1S/C11H14Cl3N3O/c1-6(16-4-5-17-11(15)18)7-2-3-8(12)10(14)9(7)13/h2-3,6,16H,4-5H2,1H3,(H3,15,17,18). The summed E-state index contributed by atoms with van der Waals surface area (Å²) in [6, 6.07) is 2.96. The molecule has 7 heteroatoms. The molecule has 1 aromatic carbocycles. The van der Waals surface area contributed by atoms with E-state index in [1.165, 1.54) is 0 Å². The van der Waals surface area contributed by atoms with Crippen molar-refractivity contribution in [1.82, 2.24) is 10.6 Å². The van der Waals surface area contributed by atoms with Crippen LogP contribution in [-0.2, 0) is 0 Å². The molecular formula is C11H14Cl3N3O. The molecule has 4 nitrogen and oxygen atoms in total. The Bertz CT molecular complexity index is 440. The maximum Gasteiger partial charge on any atom is 0.312 e. The van der Waals surface area contributed by atoms with E-state index >= 15 is 0 Å². The molecule has 4 N–H and O–H groups in total. The van der Waals surface area contributed by atoms with Crippen LogP contribution in [0.1, 0.15) is 18.5 Å². The lowest BCUT2D eigenvalue weighted by Crippen LogP contribution is -2.36. The van der Waals surface area contributed by atoms with Gasteiger partial charge in [-0.2, -0.15) is 0 Å². The first-order valence-corrected chi connectivity index (χ1v) is 6.47. The first-order chi connectivity index (χ1) is 8.43. The number of amides is 2. The van der Waals surface area contributed by atoms with E-state index in [2.05, 4.69) is 10.6 Å². The van der Waals surface area contributed by atoms with E-state index < -0.39 is 6.03 Å². The number of nitrogens with one attached hydrogen (secondary N) is 2. The minimum absolute atomic E-state index is 0.0121. The van der Waals surface area contributed by atoms with Crippen molar-refractivity contribution in [2.45, 2.75) is 13.0 Å². The van der Waals surface area contributed by atoms with Crippen molar-refractivity contribution in [2.24, 2.45) is 5.73 Å². The number of benzene rings is 1. The molecule has 0 fully saturated rings. The highest BCUT2D eigenvalue weighted by Crippen LogP contribution is 2.35. The summed E-state index contributed by atoms with van der Waals surface area (Å²) in [4.78, 5) is 10.5. The number of carbonyl (C=O) groups excluding carboxylic acids is 1. The molecule has 18 heavy (non-hydrogen) atoms. The second kappa shape index (κ2) is 7.04. The highest BCUT2D eigenvalue weighted by atomic mass is 35.5. The van der Waals surface area contributed by atoms with E-state index in [1.807, 2.05) is 13.0 Å². The molecule has 100 valence electrons. The fraction of sp³-hybridized carbons (Fsp3) is 0.364. The smallest absolute Gasteiger partial charge is 0.312 e. The molecular weight excluding hydrogens is 296 g/mol. The number of halogens is 3. The molecule has 2 amide bonds. The third-order valence-corrected chi connectivity index (χ3v) is 3.71. The number of nitrogens with two attached hydrogens (primary N) is 1. The number of carbonyl (C=O) groups is 1. The zero-order valence-corrected chi connectivity index (χ0v) is 12.0. The highest BCUT2D eigenvalue weighted by molar-refractivity contribution is 6.48. The van der Waals surface area contributed by atoms with Gasteiger partial charge in [0.25, 0.3) is 0 Å². The minimum Gasteiger partial charge on any atom is -0.352 e. The first-order valence-electron chi connectivity index (χ1n) is 5.33. The first kappa shape index (κ1) is 15.4. The molecule has 1 aromatic rings. The van der Waals surface area contributed by atoms with Crippen LogP contribution in [0, 0.1) is 0 Å². The average Bonchev–Trinajstić information content (AvgIpc) is 2.31. The molecule has 1 rings (SSSR count). The normalized spacial score (nSPS) is 12.2. The topological polar surface area (TPSA) is 67.2 Å². The van der Waals surface area contributed by atoms with E-state index in [0.29, 0.717) is 28.2 Å². The molecule has 0 aliphatic heterocycles. The molecule has 0 bridgehead atoms. The molecule has 0 aliphatic carbocycles. The summed E-state index contributed by atoms with van der Waals surface area (Å²) in [7, 11) is 0. The van der Waals surface area contributed by atoms with Gasteiger partial charge >= 0.3 is 6.03 Å². The summed E-state index contributed by atoms with van der Waals surface area (Å²) in [5.74, 6) is 0. The lowest BCUT2D eigenvalue weighted by molar-refractivity contribution is 0.249. The van der Waals surface area contributed by atoms with Gasteiger partial charge in [0, 0.05) is 19.1 Å². The Labute approximate surface area is 121 Å². The van der Waals surface area contributed by atoms with Crippen LogP contribution in [0.5, 0.6) is 0 Å². The van der Waals surface area contributed by atoms with Gasteiger partial charge < -0.3 is 16.4 Å². The van der Waals surface area contributed by atoms with Crippen molar-refractivity contribution in [1.29, 1.82) is 0 Å². The highest BCUT2D eigenvalue weighted by Gasteiger charge is 2.13. The van der Waals surface area contributed by atoms with E-state index in [4.69, 9.17) is 40.5 Å². The van der Waals surface area contributed by atoms with E-state index in [0.717, 1.165) is 5.56 Å². The summed E-state index contributed by atoms with van der Waals surface area (Å²) in [5, 5.41) is 6.88. The zero-order chi connectivity index (χ0) is 13.7. The lowest BCUT2D eigenvalue weighted by atomic mass is 10.1. The molecule has 0 aliphatic rings. The van der Waals surface area contributed by atoms with Gasteiger partial charge in [0.05, 0.1) is 15.1 Å².